The highest BCUT2D eigenvalue weighted by Gasteiger charge is 2.26. The van der Waals surface area contributed by atoms with Gasteiger partial charge in [-0.05, 0) is 25.1 Å². The van der Waals surface area contributed by atoms with E-state index >= 15 is 0 Å². The van der Waals surface area contributed by atoms with Crippen LogP contribution in [0.25, 0.3) is 17.2 Å². The molecule has 2 N–H and O–H groups in total. The molecule has 1 aromatic carbocycles. The van der Waals surface area contributed by atoms with E-state index in [4.69, 9.17) is 5.14 Å². The van der Waals surface area contributed by atoms with Crippen molar-refractivity contribution < 1.29 is 17.6 Å². The fraction of sp³-hybridized carbons (Fsp3) is 0.250. The number of hydrogen-bond acceptors (Lipinski definition) is 6. The van der Waals surface area contributed by atoms with Gasteiger partial charge in [-0.25, -0.2) is 27.6 Å². The van der Waals surface area contributed by atoms with Crippen molar-refractivity contribution in [3.05, 3.63) is 41.6 Å². The van der Waals surface area contributed by atoms with Crippen LogP contribution in [0.3, 0.4) is 0 Å². The average molecular weight is 405 g/mol. The maximum Gasteiger partial charge on any atom is 0.271 e. The van der Waals surface area contributed by atoms with Crippen molar-refractivity contribution in [3.63, 3.8) is 0 Å². The van der Waals surface area contributed by atoms with Crippen LogP contribution in [0.1, 0.15) is 16.3 Å². The lowest BCUT2D eigenvalue weighted by atomic mass is 10.2. The molecule has 0 radical (unpaired) electrons. The van der Waals surface area contributed by atoms with Crippen molar-refractivity contribution in [2.45, 2.75) is 18.4 Å². The van der Waals surface area contributed by atoms with Crippen LogP contribution in [-0.2, 0) is 16.6 Å². The van der Waals surface area contributed by atoms with Crippen LogP contribution in [-0.4, -0.2) is 57.4 Å². The van der Waals surface area contributed by atoms with Gasteiger partial charge in [0.25, 0.3) is 5.91 Å². The minimum atomic E-state index is -4.03. The molecule has 0 unspecified atom stereocenters. The second-order valence-corrected chi connectivity index (χ2v) is 7.98. The monoisotopic (exact) mass is 405 g/mol. The number of aryl methyl sites for hydroxylation is 1. The molecule has 3 aromatic rings. The number of benzene rings is 1. The largest absolute Gasteiger partial charge is 0.339 e. The first-order valence-corrected chi connectivity index (χ1v) is 9.80. The summed E-state index contributed by atoms with van der Waals surface area (Å²) in [6.45, 7) is 2.64. The predicted octanol–water partition coefficient (Wildman–Crippen LogP) is 0.311. The molecule has 1 amide bonds. The molecule has 28 heavy (non-hydrogen) atoms. The van der Waals surface area contributed by atoms with E-state index in [-0.39, 0.29) is 22.3 Å². The Labute approximate surface area is 159 Å². The molecule has 12 heteroatoms. The minimum absolute atomic E-state index is 0.142. The van der Waals surface area contributed by atoms with Crippen molar-refractivity contribution in [3.8, 4) is 17.2 Å². The zero-order valence-corrected chi connectivity index (χ0v) is 15.8. The molecule has 3 heterocycles. The first kappa shape index (κ1) is 18.3. The standard InChI is InChI=1S/C16H16FN7O3S/c1-9-19-15(12-8-14-16(25)22(2)5-6-23(14)21-12)24(20-9)13-7-10(28(18,26)27)3-4-11(13)17/h3-4,7-8H,5-6H2,1-2H3,(H2,18,26,27). The lowest BCUT2D eigenvalue weighted by Gasteiger charge is -2.22. The van der Waals surface area contributed by atoms with Crippen molar-refractivity contribution in [2.75, 3.05) is 13.6 Å². The number of carbonyl (C=O) groups is 1. The Bertz CT molecular complexity index is 1220. The molecule has 0 saturated heterocycles. The SMILES string of the molecule is Cc1nc(-c2cc3n(n2)CCN(C)C3=O)n(-c2cc(S(N)(=O)=O)ccc2F)n1. The molecule has 1 aliphatic heterocycles. The van der Waals surface area contributed by atoms with E-state index in [9.17, 15) is 17.6 Å². The zero-order chi connectivity index (χ0) is 20.2. The first-order valence-electron chi connectivity index (χ1n) is 8.25. The summed E-state index contributed by atoms with van der Waals surface area (Å²) in [7, 11) is -2.34. The highest BCUT2D eigenvalue weighted by Crippen LogP contribution is 2.25. The number of fused-ring (bicyclic) bond motifs is 1. The molecule has 4 rings (SSSR count). The summed E-state index contributed by atoms with van der Waals surface area (Å²) < 4.78 is 40.5. The smallest absolute Gasteiger partial charge is 0.271 e. The summed E-state index contributed by atoms with van der Waals surface area (Å²) in [6.07, 6.45) is 0. The lowest BCUT2D eigenvalue weighted by Crippen LogP contribution is -2.37. The van der Waals surface area contributed by atoms with Gasteiger partial charge in [-0.15, -0.1) is 0 Å². The van der Waals surface area contributed by atoms with E-state index in [0.717, 1.165) is 22.9 Å². The van der Waals surface area contributed by atoms with E-state index in [1.165, 1.54) is 0 Å². The second-order valence-electron chi connectivity index (χ2n) is 6.42. The number of carbonyl (C=O) groups excluding carboxylic acids is 1. The van der Waals surface area contributed by atoms with E-state index in [1.807, 2.05) is 0 Å². The van der Waals surface area contributed by atoms with Crippen molar-refractivity contribution in [1.82, 2.24) is 29.4 Å². The van der Waals surface area contributed by atoms with Gasteiger partial charge in [0.05, 0.1) is 11.4 Å². The lowest BCUT2D eigenvalue weighted by molar-refractivity contribution is 0.0743. The number of aromatic nitrogens is 5. The summed E-state index contributed by atoms with van der Waals surface area (Å²) >= 11 is 0. The topological polar surface area (TPSA) is 129 Å². The molecule has 0 fully saturated rings. The number of hydrogen-bond donors (Lipinski definition) is 1. The Hall–Kier alpha value is -3.12. The molecule has 146 valence electrons. The number of rotatable bonds is 3. The van der Waals surface area contributed by atoms with E-state index in [2.05, 4.69) is 15.2 Å². The van der Waals surface area contributed by atoms with Crippen LogP contribution in [0.2, 0.25) is 0 Å². The molecule has 0 spiro atoms. The maximum absolute atomic E-state index is 14.5. The van der Waals surface area contributed by atoms with Gasteiger partial charge in [-0.2, -0.15) is 10.2 Å². The summed E-state index contributed by atoms with van der Waals surface area (Å²) in [4.78, 5) is 17.9. The molecular formula is C16H16FN7O3S. The van der Waals surface area contributed by atoms with Gasteiger partial charge < -0.3 is 4.90 Å². The van der Waals surface area contributed by atoms with Gasteiger partial charge in [0.15, 0.2) is 5.82 Å². The Morgan fingerprint density at radius 2 is 1.93 bits per heavy atom. The third kappa shape index (κ3) is 2.96. The van der Waals surface area contributed by atoms with Crippen LogP contribution < -0.4 is 5.14 Å². The Kier molecular flexibility index (Phi) is 4.05. The summed E-state index contributed by atoms with van der Waals surface area (Å²) in [5.74, 6) is -0.390. The molecule has 0 atom stereocenters. The minimum Gasteiger partial charge on any atom is -0.339 e. The van der Waals surface area contributed by atoms with Gasteiger partial charge in [0.1, 0.15) is 28.7 Å². The number of amides is 1. The Balaban J connectivity index is 1.88. The number of sulfonamides is 1. The molecule has 0 bridgehead atoms. The number of nitrogens with two attached hydrogens (primary N) is 1. The zero-order valence-electron chi connectivity index (χ0n) is 15.0. The van der Waals surface area contributed by atoms with Crippen LogP contribution >= 0.6 is 0 Å². The third-order valence-electron chi connectivity index (χ3n) is 4.41. The van der Waals surface area contributed by atoms with Crippen molar-refractivity contribution in [2.24, 2.45) is 5.14 Å². The van der Waals surface area contributed by atoms with Gasteiger partial charge >= 0.3 is 0 Å². The molecule has 0 aliphatic carbocycles. The van der Waals surface area contributed by atoms with E-state index in [1.54, 1.807) is 29.6 Å². The first-order chi connectivity index (χ1) is 13.1. The fourth-order valence-corrected chi connectivity index (χ4v) is 3.52. The van der Waals surface area contributed by atoms with Crippen molar-refractivity contribution >= 4 is 15.9 Å². The third-order valence-corrected chi connectivity index (χ3v) is 5.32. The van der Waals surface area contributed by atoms with Gasteiger partial charge in [-0.3, -0.25) is 9.48 Å². The number of nitrogens with zero attached hydrogens (tertiary/aromatic N) is 6. The molecule has 0 saturated carbocycles. The quantitative estimate of drug-likeness (QED) is 0.668. The maximum atomic E-state index is 14.5. The Morgan fingerprint density at radius 1 is 1.18 bits per heavy atom. The molecule has 2 aromatic heterocycles. The van der Waals surface area contributed by atoms with Crippen LogP contribution in [0.5, 0.6) is 0 Å². The summed E-state index contributed by atoms with van der Waals surface area (Å²) in [5, 5.41) is 13.7. The number of likely N-dealkylation sites (N-methyl/N-ethyl adjacent to an activating group) is 1. The van der Waals surface area contributed by atoms with E-state index < -0.39 is 15.8 Å². The molecular weight excluding hydrogens is 389 g/mol. The Morgan fingerprint density at radius 3 is 2.64 bits per heavy atom. The number of halogens is 1. The van der Waals surface area contributed by atoms with E-state index in [0.29, 0.717) is 30.3 Å². The predicted molar refractivity (Wildman–Crippen MR) is 95.6 cm³/mol. The van der Waals surface area contributed by atoms with Crippen LogP contribution in [0.15, 0.2) is 29.2 Å². The normalized spacial score (nSPS) is 14.4. The summed E-state index contributed by atoms with van der Waals surface area (Å²) in [5.41, 5.74) is 0.561. The van der Waals surface area contributed by atoms with Crippen LogP contribution in [0.4, 0.5) is 4.39 Å². The molecule has 1 aliphatic rings. The summed E-state index contributed by atoms with van der Waals surface area (Å²) in [6, 6.07) is 4.70. The van der Waals surface area contributed by atoms with Gasteiger partial charge in [0.2, 0.25) is 10.0 Å². The number of primary sulfonamides is 1. The van der Waals surface area contributed by atoms with Gasteiger partial charge in [0, 0.05) is 19.7 Å². The highest BCUT2D eigenvalue weighted by atomic mass is 32.2. The highest BCUT2D eigenvalue weighted by molar-refractivity contribution is 7.89. The van der Waals surface area contributed by atoms with Gasteiger partial charge in [-0.1, -0.05) is 0 Å². The molecule has 10 nitrogen and oxygen atoms in total. The fourth-order valence-electron chi connectivity index (χ4n) is 2.99. The second kappa shape index (κ2) is 6.21. The van der Waals surface area contributed by atoms with Crippen molar-refractivity contribution in [1.29, 1.82) is 0 Å². The average Bonchev–Trinajstić information content (AvgIpc) is 3.21. The van der Waals surface area contributed by atoms with Crippen LogP contribution in [0, 0.1) is 12.7 Å².